The molecule has 0 unspecified atom stereocenters. The first-order chi connectivity index (χ1) is 4.63. The highest BCUT2D eigenvalue weighted by Crippen LogP contribution is 2.26. The molecule has 3 heteroatoms. The molecule has 0 aliphatic carbocycles. The molecule has 0 fully saturated rings. The van der Waals surface area contributed by atoms with Gasteiger partial charge in [0.25, 0.3) is 0 Å². The van der Waals surface area contributed by atoms with E-state index in [4.69, 9.17) is 23.1 Å². The lowest BCUT2D eigenvalue weighted by Crippen LogP contribution is -1.93. The summed E-state index contributed by atoms with van der Waals surface area (Å²) in [5, 5.41) is 0.556. The fraction of sp³-hybridized carbons (Fsp3) is 0.143. The van der Waals surface area contributed by atoms with Gasteiger partial charge in [0, 0.05) is 5.69 Å². The summed E-state index contributed by atoms with van der Waals surface area (Å²) in [5.41, 5.74) is 13.2. The highest BCUT2D eigenvalue weighted by atomic mass is 35.5. The van der Waals surface area contributed by atoms with E-state index in [-0.39, 0.29) is 0 Å². The second kappa shape index (κ2) is 2.39. The van der Waals surface area contributed by atoms with Gasteiger partial charge in [-0.15, -0.1) is 0 Å². The Kier molecular flexibility index (Phi) is 1.72. The summed E-state index contributed by atoms with van der Waals surface area (Å²) in [5.74, 6) is 0. The van der Waals surface area contributed by atoms with Gasteiger partial charge in [0.2, 0.25) is 0 Å². The number of anilines is 2. The van der Waals surface area contributed by atoms with Gasteiger partial charge < -0.3 is 11.5 Å². The van der Waals surface area contributed by atoms with Crippen molar-refractivity contribution in [2.75, 3.05) is 11.5 Å². The summed E-state index contributed by atoms with van der Waals surface area (Å²) in [6.07, 6.45) is 0. The van der Waals surface area contributed by atoms with E-state index in [2.05, 4.69) is 0 Å². The van der Waals surface area contributed by atoms with E-state index < -0.39 is 0 Å². The van der Waals surface area contributed by atoms with Crippen molar-refractivity contribution in [3.63, 3.8) is 0 Å². The molecule has 0 saturated carbocycles. The lowest BCUT2D eigenvalue weighted by molar-refractivity contribution is 1.47. The predicted octanol–water partition coefficient (Wildman–Crippen LogP) is 1.81. The van der Waals surface area contributed by atoms with Crippen LogP contribution >= 0.6 is 11.6 Å². The zero-order chi connectivity index (χ0) is 7.72. The Morgan fingerprint density at radius 3 is 2.20 bits per heavy atom. The second-order valence-electron chi connectivity index (χ2n) is 2.18. The number of nitrogen functional groups attached to an aromatic ring is 2. The lowest BCUT2D eigenvalue weighted by Gasteiger charge is -2.03. The number of nitrogens with two attached hydrogens (primary N) is 2. The highest BCUT2D eigenvalue weighted by Gasteiger charge is 2.01. The molecule has 1 aromatic carbocycles. The van der Waals surface area contributed by atoms with E-state index in [9.17, 15) is 0 Å². The van der Waals surface area contributed by atoms with Crippen LogP contribution in [0.25, 0.3) is 0 Å². The van der Waals surface area contributed by atoms with Gasteiger partial charge in [-0.3, -0.25) is 0 Å². The Morgan fingerprint density at radius 2 is 1.70 bits per heavy atom. The van der Waals surface area contributed by atoms with E-state index in [1.165, 1.54) is 0 Å². The van der Waals surface area contributed by atoms with Crippen molar-refractivity contribution >= 4 is 23.0 Å². The summed E-state index contributed by atoms with van der Waals surface area (Å²) < 4.78 is 0. The first kappa shape index (κ1) is 7.22. The number of benzene rings is 1. The Labute approximate surface area is 64.8 Å². The zero-order valence-electron chi connectivity index (χ0n) is 5.69. The van der Waals surface area contributed by atoms with Crippen LogP contribution in [0.5, 0.6) is 0 Å². The smallest absolute Gasteiger partial charge is 0.0685 e. The number of hydrogen-bond donors (Lipinski definition) is 2. The van der Waals surface area contributed by atoms with Gasteiger partial charge in [-0.2, -0.15) is 0 Å². The van der Waals surface area contributed by atoms with Gasteiger partial charge in [-0.25, -0.2) is 0 Å². The molecular formula is C7H9ClN2. The van der Waals surface area contributed by atoms with Crippen LogP contribution < -0.4 is 11.5 Å². The van der Waals surface area contributed by atoms with E-state index in [1.54, 1.807) is 12.1 Å². The fourth-order valence-corrected chi connectivity index (χ4v) is 0.893. The maximum atomic E-state index is 5.78. The monoisotopic (exact) mass is 156 g/mol. The zero-order valence-corrected chi connectivity index (χ0v) is 6.44. The quantitative estimate of drug-likeness (QED) is 0.563. The minimum Gasteiger partial charge on any atom is -0.398 e. The van der Waals surface area contributed by atoms with Crippen LogP contribution in [-0.4, -0.2) is 0 Å². The van der Waals surface area contributed by atoms with Crippen LogP contribution in [0.1, 0.15) is 5.56 Å². The molecule has 0 aliphatic heterocycles. The molecule has 10 heavy (non-hydrogen) atoms. The van der Waals surface area contributed by atoms with Crippen LogP contribution in [0.4, 0.5) is 11.4 Å². The summed E-state index contributed by atoms with van der Waals surface area (Å²) in [6.45, 7) is 1.84. The Hall–Kier alpha value is -0.890. The molecule has 1 aromatic rings. The minimum absolute atomic E-state index is 0.556. The Balaban J connectivity index is 3.34. The molecule has 0 aromatic heterocycles. The molecule has 0 saturated heterocycles. The van der Waals surface area contributed by atoms with Crippen LogP contribution in [-0.2, 0) is 0 Å². The van der Waals surface area contributed by atoms with Crippen molar-refractivity contribution in [2.24, 2.45) is 0 Å². The summed E-state index contributed by atoms with van der Waals surface area (Å²) in [4.78, 5) is 0. The second-order valence-corrected chi connectivity index (χ2v) is 2.56. The maximum Gasteiger partial charge on any atom is 0.0685 e. The molecule has 0 heterocycles. The lowest BCUT2D eigenvalue weighted by atomic mass is 10.2. The molecule has 0 atom stereocenters. The fourth-order valence-electron chi connectivity index (χ4n) is 0.721. The maximum absolute atomic E-state index is 5.78. The third kappa shape index (κ3) is 1.02. The molecule has 0 bridgehead atoms. The van der Waals surface area contributed by atoms with E-state index in [0.29, 0.717) is 16.4 Å². The van der Waals surface area contributed by atoms with E-state index in [1.807, 2.05) is 6.92 Å². The molecule has 0 spiro atoms. The average Bonchev–Trinajstić information content (AvgIpc) is 1.93. The van der Waals surface area contributed by atoms with Gasteiger partial charge in [-0.05, 0) is 24.6 Å². The normalized spacial score (nSPS) is 9.80. The first-order valence-corrected chi connectivity index (χ1v) is 3.30. The number of halogens is 1. The van der Waals surface area contributed by atoms with Gasteiger partial charge in [0.05, 0.1) is 10.7 Å². The molecule has 54 valence electrons. The topological polar surface area (TPSA) is 52.0 Å². The van der Waals surface area contributed by atoms with Crippen LogP contribution in [0.3, 0.4) is 0 Å². The third-order valence-electron chi connectivity index (χ3n) is 1.46. The van der Waals surface area contributed by atoms with Crippen LogP contribution in [0.15, 0.2) is 12.1 Å². The van der Waals surface area contributed by atoms with Crippen molar-refractivity contribution in [3.8, 4) is 0 Å². The molecule has 0 amide bonds. The van der Waals surface area contributed by atoms with Gasteiger partial charge >= 0.3 is 0 Å². The van der Waals surface area contributed by atoms with E-state index in [0.717, 1.165) is 5.56 Å². The molecule has 1 rings (SSSR count). The minimum atomic E-state index is 0.556. The van der Waals surface area contributed by atoms with E-state index >= 15 is 0 Å². The van der Waals surface area contributed by atoms with Crippen LogP contribution in [0.2, 0.25) is 5.02 Å². The molecule has 4 N–H and O–H groups in total. The first-order valence-electron chi connectivity index (χ1n) is 2.93. The van der Waals surface area contributed by atoms with Crippen molar-refractivity contribution < 1.29 is 0 Å². The average molecular weight is 157 g/mol. The molecule has 0 radical (unpaired) electrons. The predicted molar refractivity (Wildman–Crippen MR) is 45.0 cm³/mol. The molecule has 2 nitrogen and oxygen atoms in total. The number of rotatable bonds is 0. The Bertz CT molecular complexity index is 231. The van der Waals surface area contributed by atoms with Gasteiger partial charge in [-0.1, -0.05) is 11.6 Å². The van der Waals surface area contributed by atoms with Crippen molar-refractivity contribution in [2.45, 2.75) is 6.92 Å². The largest absolute Gasteiger partial charge is 0.398 e. The summed E-state index contributed by atoms with van der Waals surface area (Å²) in [6, 6.07) is 3.45. The third-order valence-corrected chi connectivity index (χ3v) is 1.96. The van der Waals surface area contributed by atoms with Crippen LogP contribution in [0, 0.1) is 6.92 Å². The Morgan fingerprint density at radius 1 is 1.20 bits per heavy atom. The van der Waals surface area contributed by atoms with Crippen molar-refractivity contribution in [1.29, 1.82) is 0 Å². The standard InChI is InChI=1S/C7H9ClN2/c1-4-5(9)2-3-6(10)7(4)8/h2-3H,9-10H2,1H3. The number of hydrogen-bond acceptors (Lipinski definition) is 2. The summed E-state index contributed by atoms with van der Waals surface area (Å²) in [7, 11) is 0. The molecular weight excluding hydrogens is 148 g/mol. The molecule has 0 aliphatic rings. The van der Waals surface area contributed by atoms with Crippen molar-refractivity contribution in [3.05, 3.63) is 22.7 Å². The summed E-state index contributed by atoms with van der Waals surface area (Å²) >= 11 is 5.78. The SMILES string of the molecule is Cc1c(N)ccc(N)c1Cl. The van der Waals surface area contributed by atoms with Gasteiger partial charge in [0.1, 0.15) is 0 Å². The van der Waals surface area contributed by atoms with Crippen molar-refractivity contribution in [1.82, 2.24) is 0 Å². The van der Waals surface area contributed by atoms with Gasteiger partial charge in [0.15, 0.2) is 0 Å². The highest BCUT2D eigenvalue weighted by molar-refractivity contribution is 6.34.